The van der Waals surface area contributed by atoms with Gasteiger partial charge in [-0.3, -0.25) is 4.57 Å². The number of hydrogen-bond donors (Lipinski definition) is 1. The van der Waals surface area contributed by atoms with E-state index in [4.69, 9.17) is 0 Å². The Morgan fingerprint density at radius 1 is 1.23 bits per heavy atom. The van der Waals surface area contributed by atoms with Crippen LogP contribution in [0.4, 0.5) is 0 Å². The van der Waals surface area contributed by atoms with Crippen LogP contribution in [0.5, 0.6) is 0 Å². The molecule has 1 aromatic carbocycles. The third-order valence-electron chi connectivity index (χ3n) is 4.32. The van der Waals surface area contributed by atoms with Gasteiger partial charge in [0, 0.05) is 31.9 Å². The van der Waals surface area contributed by atoms with E-state index in [0.717, 1.165) is 37.0 Å². The maximum Gasteiger partial charge on any atom is 0.326 e. The maximum absolute atomic E-state index is 12.2. The minimum Gasteiger partial charge on any atom is -0.306 e. The number of fused-ring (bicyclic) bond motifs is 1. The minimum absolute atomic E-state index is 0.0595. The predicted molar refractivity (Wildman–Crippen MR) is 87.0 cm³/mol. The molecule has 0 aliphatic carbocycles. The Morgan fingerprint density at radius 2 is 1.91 bits per heavy atom. The summed E-state index contributed by atoms with van der Waals surface area (Å²) in [5.41, 5.74) is 1.75. The van der Waals surface area contributed by atoms with Crippen LogP contribution in [0.2, 0.25) is 0 Å². The molecule has 0 spiro atoms. The Labute approximate surface area is 129 Å². The average molecular weight is 323 g/mol. The second-order valence-electron chi connectivity index (χ2n) is 6.02. The summed E-state index contributed by atoms with van der Waals surface area (Å²) in [7, 11) is -2.92. The first-order valence-corrected chi connectivity index (χ1v) is 9.59. The van der Waals surface area contributed by atoms with Crippen molar-refractivity contribution in [1.29, 1.82) is 0 Å². The third kappa shape index (κ3) is 3.25. The van der Waals surface area contributed by atoms with Gasteiger partial charge < -0.3 is 9.88 Å². The lowest BCUT2D eigenvalue weighted by atomic mass is 10.0. The van der Waals surface area contributed by atoms with Gasteiger partial charge in [-0.05, 0) is 25.0 Å². The largest absolute Gasteiger partial charge is 0.326 e. The summed E-state index contributed by atoms with van der Waals surface area (Å²) in [6, 6.07) is 7.90. The SMILES string of the molecule is CS(=O)(=O)CCN1CCC(n2c(=O)[nH]c3ccccc32)CC1. The second-order valence-corrected chi connectivity index (χ2v) is 8.28. The van der Waals surface area contributed by atoms with Crippen molar-refractivity contribution in [3.05, 3.63) is 34.7 Å². The molecular formula is C15H21N3O3S. The van der Waals surface area contributed by atoms with Crippen LogP contribution in [0, 0.1) is 0 Å². The number of aromatic nitrogens is 2. The second kappa shape index (κ2) is 5.89. The standard InChI is InChI=1S/C15H21N3O3S/c1-22(20,21)11-10-17-8-6-12(7-9-17)18-14-5-3-2-4-13(14)16-15(18)19/h2-5,12H,6-11H2,1H3,(H,16,19). The monoisotopic (exact) mass is 323 g/mol. The quantitative estimate of drug-likeness (QED) is 0.911. The molecule has 120 valence electrons. The number of piperidine rings is 1. The molecule has 0 radical (unpaired) electrons. The number of aromatic amines is 1. The summed E-state index contributed by atoms with van der Waals surface area (Å²) in [4.78, 5) is 17.3. The highest BCUT2D eigenvalue weighted by atomic mass is 32.2. The number of nitrogens with zero attached hydrogens (tertiary/aromatic N) is 2. The van der Waals surface area contributed by atoms with Crippen molar-refractivity contribution in [1.82, 2.24) is 14.5 Å². The van der Waals surface area contributed by atoms with Crippen LogP contribution in [0.25, 0.3) is 11.0 Å². The van der Waals surface area contributed by atoms with E-state index < -0.39 is 9.84 Å². The van der Waals surface area contributed by atoms with Crippen molar-refractivity contribution in [2.75, 3.05) is 31.6 Å². The normalized spacial score (nSPS) is 18.0. The Bertz CT molecular complexity index is 814. The van der Waals surface area contributed by atoms with Gasteiger partial charge in [0.25, 0.3) is 0 Å². The number of sulfone groups is 1. The van der Waals surface area contributed by atoms with E-state index in [1.165, 1.54) is 6.26 Å². The van der Waals surface area contributed by atoms with Crippen molar-refractivity contribution in [3.8, 4) is 0 Å². The molecule has 0 saturated carbocycles. The third-order valence-corrected chi connectivity index (χ3v) is 5.25. The van der Waals surface area contributed by atoms with E-state index in [9.17, 15) is 13.2 Å². The van der Waals surface area contributed by atoms with Crippen LogP contribution >= 0.6 is 0 Å². The Morgan fingerprint density at radius 3 is 2.59 bits per heavy atom. The lowest BCUT2D eigenvalue weighted by Gasteiger charge is -2.32. The number of likely N-dealkylation sites (tertiary alicyclic amines) is 1. The lowest BCUT2D eigenvalue weighted by molar-refractivity contribution is 0.195. The number of benzene rings is 1. The number of rotatable bonds is 4. The number of imidazole rings is 1. The van der Waals surface area contributed by atoms with Crippen molar-refractivity contribution >= 4 is 20.9 Å². The molecule has 3 rings (SSSR count). The zero-order valence-corrected chi connectivity index (χ0v) is 13.5. The highest BCUT2D eigenvalue weighted by molar-refractivity contribution is 7.90. The van der Waals surface area contributed by atoms with Gasteiger partial charge in [-0.2, -0.15) is 0 Å². The summed E-state index contributed by atoms with van der Waals surface area (Å²) < 4.78 is 24.3. The van der Waals surface area contributed by atoms with Crippen molar-refractivity contribution < 1.29 is 8.42 Å². The first-order valence-electron chi connectivity index (χ1n) is 7.53. The number of H-pyrrole nitrogens is 1. The maximum atomic E-state index is 12.2. The molecular weight excluding hydrogens is 302 g/mol. The zero-order valence-electron chi connectivity index (χ0n) is 12.7. The molecule has 0 amide bonds. The average Bonchev–Trinajstić information content (AvgIpc) is 2.81. The van der Waals surface area contributed by atoms with Gasteiger partial charge in [0.15, 0.2) is 0 Å². The molecule has 2 aromatic rings. The van der Waals surface area contributed by atoms with E-state index in [-0.39, 0.29) is 17.5 Å². The van der Waals surface area contributed by atoms with Crippen LogP contribution in [0.3, 0.4) is 0 Å². The van der Waals surface area contributed by atoms with Gasteiger partial charge in [-0.15, -0.1) is 0 Å². The van der Waals surface area contributed by atoms with Gasteiger partial charge in [-0.25, -0.2) is 13.2 Å². The summed E-state index contributed by atoms with van der Waals surface area (Å²) in [6.45, 7) is 2.23. The summed E-state index contributed by atoms with van der Waals surface area (Å²) in [6.07, 6.45) is 3.00. The molecule has 1 fully saturated rings. The van der Waals surface area contributed by atoms with Crippen molar-refractivity contribution in [2.24, 2.45) is 0 Å². The molecule has 1 N–H and O–H groups in total. The number of nitrogens with one attached hydrogen (secondary N) is 1. The molecule has 1 aromatic heterocycles. The summed E-state index contributed by atoms with van der Waals surface area (Å²) in [5.74, 6) is 0.199. The molecule has 1 saturated heterocycles. The van der Waals surface area contributed by atoms with Gasteiger partial charge in [0.1, 0.15) is 9.84 Å². The van der Waals surface area contributed by atoms with E-state index in [1.54, 1.807) is 0 Å². The molecule has 0 bridgehead atoms. The van der Waals surface area contributed by atoms with Gasteiger partial charge in [-0.1, -0.05) is 12.1 Å². The van der Waals surface area contributed by atoms with E-state index in [0.29, 0.717) is 6.54 Å². The van der Waals surface area contributed by atoms with E-state index >= 15 is 0 Å². The molecule has 1 aliphatic heterocycles. The molecule has 0 atom stereocenters. The molecule has 7 heteroatoms. The zero-order chi connectivity index (χ0) is 15.7. The van der Waals surface area contributed by atoms with Crippen LogP contribution in [-0.4, -0.2) is 54.5 Å². The van der Waals surface area contributed by atoms with Crippen molar-refractivity contribution in [3.63, 3.8) is 0 Å². The highest BCUT2D eigenvalue weighted by Gasteiger charge is 2.23. The lowest BCUT2D eigenvalue weighted by Crippen LogP contribution is -2.39. The number of hydrogen-bond acceptors (Lipinski definition) is 4. The van der Waals surface area contributed by atoms with Crippen molar-refractivity contribution in [2.45, 2.75) is 18.9 Å². The summed E-state index contributed by atoms with van der Waals surface area (Å²) in [5, 5.41) is 0. The molecule has 2 heterocycles. The first kappa shape index (κ1) is 15.3. The highest BCUT2D eigenvalue weighted by Crippen LogP contribution is 2.24. The minimum atomic E-state index is -2.92. The Balaban J connectivity index is 1.71. The predicted octanol–water partition coefficient (Wildman–Crippen LogP) is 1.01. The molecule has 1 aliphatic rings. The van der Waals surface area contributed by atoms with E-state index in [2.05, 4.69) is 9.88 Å². The van der Waals surface area contributed by atoms with Gasteiger partial charge in [0.2, 0.25) is 0 Å². The molecule has 0 unspecified atom stereocenters. The van der Waals surface area contributed by atoms with E-state index in [1.807, 2.05) is 28.8 Å². The first-order chi connectivity index (χ1) is 10.4. The summed E-state index contributed by atoms with van der Waals surface area (Å²) >= 11 is 0. The molecule has 6 nitrogen and oxygen atoms in total. The van der Waals surface area contributed by atoms with Crippen LogP contribution < -0.4 is 5.69 Å². The smallest absolute Gasteiger partial charge is 0.306 e. The Kier molecular flexibility index (Phi) is 4.10. The van der Waals surface area contributed by atoms with Gasteiger partial charge in [0.05, 0.1) is 16.8 Å². The van der Waals surface area contributed by atoms with Gasteiger partial charge >= 0.3 is 5.69 Å². The fourth-order valence-electron chi connectivity index (χ4n) is 3.13. The molecule has 22 heavy (non-hydrogen) atoms. The topological polar surface area (TPSA) is 75.2 Å². The van der Waals surface area contributed by atoms with Crippen LogP contribution in [-0.2, 0) is 9.84 Å². The van der Waals surface area contributed by atoms with Crippen LogP contribution in [0.15, 0.2) is 29.1 Å². The Hall–Kier alpha value is -1.60. The fraction of sp³-hybridized carbons (Fsp3) is 0.533. The fourth-order valence-corrected chi connectivity index (χ4v) is 3.72. The van der Waals surface area contributed by atoms with Crippen LogP contribution in [0.1, 0.15) is 18.9 Å². The number of para-hydroxylation sites is 2.